The molecular weight excluding hydrogens is 282 g/mol. The Hall–Kier alpha value is -1.36. The molecule has 0 aliphatic heterocycles. The zero-order chi connectivity index (χ0) is 12.4. The molecule has 1 atom stereocenters. The van der Waals surface area contributed by atoms with E-state index in [9.17, 15) is 0 Å². The van der Waals surface area contributed by atoms with Crippen LogP contribution in [0, 0.1) is 13.8 Å². The van der Waals surface area contributed by atoms with Crippen molar-refractivity contribution in [3.05, 3.63) is 40.0 Å². The molecule has 0 bridgehead atoms. The number of rotatable bonds is 3. The Labute approximate surface area is 109 Å². The largest absolute Gasteiger partial charge is 0.423 e. The third-order valence-electron chi connectivity index (χ3n) is 2.45. The van der Waals surface area contributed by atoms with Crippen LogP contribution in [0.1, 0.15) is 30.3 Å². The molecule has 1 aromatic carbocycles. The Bertz CT molecular complexity index is 524. The number of nitrogens with zero attached hydrogens (tertiary/aromatic N) is 2. The van der Waals surface area contributed by atoms with Gasteiger partial charge in [-0.3, -0.25) is 0 Å². The molecule has 0 radical (unpaired) electrons. The maximum Gasteiger partial charge on any atom is 0.238 e. The van der Waals surface area contributed by atoms with Crippen molar-refractivity contribution in [1.82, 2.24) is 10.2 Å². The van der Waals surface area contributed by atoms with Crippen LogP contribution in [0.5, 0.6) is 0 Å². The van der Waals surface area contributed by atoms with Crippen molar-refractivity contribution in [2.24, 2.45) is 0 Å². The summed E-state index contributed by atoms with van der Waals surface area (Å²) in [5.74, 6) is 1.18. The van der Waals surface area contributed by atoms with Crippen molar-refractivity contribution in [3.63, 3.8) is 0 Å². The van der Waals surface area contributed by atoms with Gasteiger partial charge in [-0.2, -0.15) is 0 Å². The Morgan fingerprint density at radius 3 is 2.65 bits per heavy atom. The van der Waals surface area contributed by atoms with Crippen molar-refractivity contribution in [2.45, 2.75) is 26.8 Å². The second kappa shape index (κ2) is 4.87. The second-order valence-corrected chi connectivity index (χ2v) is 4.84. The summed E-state index contributed by atoms with van der Waals surface area (Å²) < 4.78 is 6.48. The molecule has 0 aliphatic rings. The molecule has 5 heteroatoms. The molecule has 0 unspecified atom stereocenters. The predicted octanol–water partition coefficient (Wildman–Crippen LogP) is 3.62. The van der Waals surface area contributed by atoms with Crippen LogP contribution in [0.3, 0.4) is 0 Å². The van der Waals surface area contributed by atoms with Crippen LogP contribution in [0.4, 0.5) is 5.69 Å². The standard InChI is InChI=1S/C12H14BrN3O/c1-7-6-10(4-5-11(7)13)14-8(2)12-16-15-9(3)17-12/h4-6,8,14H,1-3H3/t8-/m1/s1. The van der Waals surface area contributed by atoms with Crippen molar-refractivity contribution in [2.75, 3.05) is 5.32 Å². The first-order valence-corrected chi connectivity index (χ1v) is 6.18. The van der Waals surface area contributed by atoms with Gasteiger partial charge in [0.25, 0.3) is 0 Å². The van der Waals surface area contributed by atoms with E-state index in [1.807, 2.05) is 19.1 Å². The van der Waals surface area contributed by atoms with Crippen LogP contribution >= 0.6 is 15.9 Å². The highest BCUT2D eigenvalue weighted by Crippen LogP contribution is 2.23. The summed E-state index contributed by atoms with van der Waals surface area (Å²) in [4.78, 5) is 0. The minimum absolute atomic E-state index is 0.00299. The first-order valence-electron chi connectivity index (χ1n) is 5.39. The minimum Gasteiger partial charge on any atom is -0.423 e. The van der Waals surface area contributed by atoms with Gasteiger partial charge in [-0.15, -0.1) is 10.2 Å². The van der Waals surface area contributed by atoms with Crippen LogP contribution in [-0.2, 0) is 0 Å². The smallest absolute Gasteiger partial charge is 0.238 e. The second-order valence-electron chi connectivity index (χ2n) is 3.99. The number of hydrogen-bond acceptors (Lipinski definition) is 4. The Morgan fingerprint density at radius 1 is 1.29 bits per heavy atom. The number of aromatic nitrogens is 2. The Kier molecular flexibility index (Phi) is 3.47. The Balaban J connectivity index is 2.12. The summed E-state index contributed by atoms with van der Waals surface area (Å²) in [7, 11) is 0. The predicted molar refractivity (Wildman–Crippen MR) is 70.0 cm³/mol. The van der Waals surface area contributed by atoms with Crippen molar-refractivity contribution in [1.29, 1.82) is 0 Å². The minimum atomic E-state index is -0.00299. The summed E-state index contributed by atoms with van der Waals surface area (Å²) >= 11 is 3.48. The number of aryl methyl sites for hydroxylation is 2. The van der Waals surface area contributed by atoms with E-state index < -0.39 is 0 Å². The van der Waals surface area contributed by atoms with Gasteiger partial charge in [0, 0.05) is 17.1 Å². The molecule has 0 amide bonds. The van der Waals surface area contributed by atoms with Gasteiger partial charge in [0.15, 0.2) is 0 Å². The van der Waals surface area contributed by atoms with E-state index in [0.29, 0.717) is 11.8 Å². The number of nitrogens with one attached hydrogen (secondary N) is 1. The first kappa shape index (κ1) is 12.1. The van der Waals surface area contributed by atoms with Gasteiger partial charge >= 0.3 is 0 Å². The fraction of sp³-hybridized carbons (Fsp3) is 0.333. The lowest BCUT2D eigenvalue weighted by Crippen LogP contribution is -2.07. The number of anilines is 1. The van der Waals surface area contributed by atoms with Gasteiger partial charge in [0.05, 0.1) is 0 Å². The molecule has 1 heterocycles. The topological polar surface area (TPSA) is 51.0 Å². The SMILES string of the molecule is Cc1nnc([C@@H](C)Nc2ccc(Br)c(C)c2)o1. The molecule has 0 spiro atoms. The number of benzene rings is 1. The van der Waals surface area contributed by atoms with Crippen LogP contribution in [-0.4, -0.2) is 10.2 Å². The van der Waals surface area contributed by atoms with E-state index in [1.54, 1.807) is 6.92 Å². The molecule has 17 heavy (non-hydrogen) atoms. The summed E-state index contributed by atoms with van der Waals surface area (Å²) in [6, 6.07) is 6.10. The molecule has 1 aromatic heterocycles. The summed E-state index contributed by atoms with van der Waals surface area (Å²) in [6.07, 6.45) is 0. The quantitative estimate of drug-likeness (QED) is 0.939. The average molecular weight is 296 g/mol. The molecular formula is C12H14BrN3O. The van der Waals surface area contributed by atoms with Crippen LogP contribution in [0.2, 0.25) is 0 Å². The number of hydrogen-bond donors (Lipinski definition) is 1. The first-order chi connectivity index (χ1) is 8.06. The van der Waals surface area contributed by atoms with Crippen molar-refractivity contribution in [3.8, 4) is 0 Å². The van der Waals surface area contributed by atoms with Crippen molar-refractivity contribution < 1.29 is 4.42 Å². The van der Waals surface area contributed by atoms with E-state index in [-0.39, 0.29) is 6.04 Å². The third-order valence-corrected chi connectivity index (χ3v) is 3.34. The maximum absolute atomic E-state index is 5.38. The zero-order valence-corrected chi connectivity index (χ0v) is 11.6. The molecule has 2 rings (SSSR count). The Morgan fingerprint density at radius 2 is 2.06 bits per heavy atom. The highest BCUT2D eigenvalue weighted by molar-refractivity contribution is 9.10. The summed E-state index contributed by atoms with van der Waals surface area (Å²) in [6.45, 7) is 5.83. The zero-order valence-electron chi connectivity index (χ0n) is 9.99. The van der Waals surface area contributed by atoms with E-state index in [0.717, 1.165) is 10.2 Å². The molecule has 1 N–H and O–H groups in total. The summed E-state index contributed by atoms with van der Waals surface area (Å²) in [5.41, 5.74) is 2.22. The summed E-state index contributed by atoms with van der Waals surface area (Å²) in [5, 5.41) is 11.1. The normalized spacial score (nSPS) is 12.5. The highest BCUT2D eigenvalue weighted by atomic mass is 79.9. The van der Waals surface area contributed by atoms with Gasteiger partial charge in [0.1, 0.15) is 6.04 Å². The highest BCUT2D eigenvalue weighted by Gasteiger charge is 2.12. The molecule has 0 saturated heterocycles. The lowest BCUT2D eigenvalue weighted by Gasteiger charge is -2.12. The van der Waals surface area contributed by atoms with E-state index in [2.05, 4.69) is 44.4 Å². The average Bonchev–Trinajstić information content (AvgIpc) is 2.70. The van der Waals surface area contributed by atoms with E-state index in [1.165, 1.54) is 5.56 Å². The third kappa shape index (κ3) is 2.85. The van der Waals surface area contributed by atoms with Crippen LogP contribution in [0.25, 0.3) is 0 Å². The van der Waals surface area contributed by atoms with Gasteiger partial charge in [-0.1, -0.05) is 15.9 Å². The lowest BCUT2D eigenvalue weighted by atomic mass is 10.2. The molecule has 0 saturated carbocycles. The lowest BCUT2D eigenvalue weighted by molar-refractivity contribution is 0.451. The van der Waals surface area contributed by atoms with Gasteiger partial charge in [0.2, 0.25) is 11.8 Å². The molecule has 2 aromatic rings. The fourth-order valence-corrected chi connectivity index (χ4v) is 1.78. The molecule has 0 aliphatic carbocycles. The monoisotopic (exact) mass is 295 g/mol. The molecule has 4 nitrogen and oxygen atoms in total. The fourth-order valence-electron chi connectivity index (χ4n) is 1.53. The van der Waals surface area contributed by atoms with Gasteiger partial charge in [-0.25, -0.2) is 0 Å². The van der Waals surface area contributed by atoms with Crippen molar-refractivity contribution >= 4 is 21.6 Å². The molecule has 0 fully saturated rings. The van der Waals surface area contributed by atoms with Gasteiger partial charge in [-0.05, 0) is 37.6 Å². The van der Waals surface area contributed by atoms with Gasteiger partial charge < -0.3 is 9.73 Å². The van der Waals surface area contributed by atoms with Crippen LogP contribution in [0.15, 0.2) is 27.1 Å². The maximum atomic E-state index is 5.38. The van der Waals surface area contributed by atoms with E-state index >= 15 is 0 Å². The van der Waals surface area contributed by atoms with Crippen LogP contribution < -0.4 is 5.32 Å². The molecule has 90 valence electrons. The number of halogens is 1. The van der Waals surface area contributed by atoms with E-state index in [4.69, 9.17) is 4.42 Å².